The second kappa shape index (κ2) is 9.49. The average Bonchev–Trinajstić information content (AvgIpc) is 1.98. The Kier molecular flexibility index (Phi) is 17.2. The van der Waals surface area contributed by atoms with Gasteiger partial charge in [0.15, 0.2) is 0 Å². The maximum Gasteiger partial charge on any atom is 4.00 e. The fraction of sp³-hybridized carbons (Fsp3) is 0.444. The minimum atomic E-state index is 0. The first-order valence-corrected chi connectivity index (χ1v) is 3.33. The summed E-state index contributed by atoms with van der Waals surface area (Å²) in [6.45, 7) is 8.68. The average molecular weight is 275 g/mol. The summed E-state index contributed by atoms with van der Waals surface area (Å²) in [5, 5.41) is 0. The van der Waals surface area contributed by atoms with Crippen LogP contribution >= 0.6 is 0 Å². The topological polar surface area (TPSA) is 0 Å². The van der Waals surface area contributed by atoms with Gasteiger partial charge < -0.3 is 37.2 Å². The van der Waals surface area contributed by atoms with Gasteiger partial charge in [0.2, 0.25) is 0 Å². The Bertz CT molecular complexity index is 209. The van der Waals surface area contributed by atoms with Gasteiger partial charge >= 0.3 is 21.7 Å². The van der Waals surface area contributed by atoms with Gasteiger partial charge in [-0.1, -0.05) is 27.7 Å². The minimum absolute atomic E-state index is 0. The van der Waals surface area contributed by atoms with Crippen LogP contribution in [0.1, 0.15) is 22.3 Å². The SMILES string of the molecule is Cc1c[c-](C)c(C)c1C.[Cl-].[Cl-].[Cl-].[Ti+4]. The van der Waals surface area contributed by atoms with E-state index in [4.69, 9.17) is 0 Å². The van der Waals surface area contributed by atoms with Gasteiger partial charge in [-0.05, 0) is 0 Å². The Hall–Kier alpha value is 0.934. The molecule has 0 N–H and O–H groups in total. The van der Waals surface area contributed by atoms with Crippen molar-refractivity contribution in [2.24, 2.45) is 0 Å². The normalized spacial score (nSPS) is 7.08. The summed E-state index contributed by atoms with van der Waals surface area (Å²) in [6.07, 6.45) is 0. The maximum atomic E-state index is 2.24. The Labute approximate surface area is 114 Å². The summed E-state index contributed by atoms with van der Waals surface area (Å²) >= 11 is 0. The standard InChI is InChI=1S/C9H13.3ClH.Ti/c1-6-5-7(2)9(4)8(6)3;;;;/h5H,1-4H3;3*1H;/q-1;;;;+4/p-3. The fourth-order valence-electron chi connectivity index (χ4n) is 1.13. The van der Waals surface area contributed by atoms with Crippen LogP contribution in [-0.4, -0.2) is 0 Å². The quantitative estimate of drug-likeness (QED) is 0.326. The van der Waals surface area contributed by atoms with Gasteiger partial charge in [0, 0.05) is 0 Å². The molecule has 0 unspecified atom stereocenters. The van der Waals surface area contributed by atoms with Gasteiger partial charge in [0.25, 0.3) is 0 Å². The van der Waals surface area contributed by atoms with Crippen LogP contribution in [0.25, 0.3) is 0 Å². The van der Waals surface area contributed by atoms with Gasteiger partial charge in [-0.25, -0.2) is 0 Å². The van der Waals surface area contributed by atoms with E-state index in [2.05, 4.69) is 33.8 Å². The molecule has 0 radical (unpaired) electrons. The van der Waals surface area contributed by atoms with E-state index in [1.807, 2.05) is 0 Å². The van der Waals surface area contributed by atoms with Gasteiger partial charge in [-0.3, -0.25) is 0 Å². The van der Waals surface area contributed by atoms with Gasteiger partial charge in [-0.15, -0.1) is 0 Å². The molecule has 0 bridgehead atoms. The second-order valence-corrected chi connectivity index (χ2v) is 2.76. The van der Waals surface area contributed by atoms with Gasteiger partial charge in [0.05, 0.1) is 0 Å². The molecule has 0 aliphatic rings. The molecule has 1 aromatic carbocycles. The van der Waals surface area contributed by atoms with E-state index in [1.165, 1.54) is 22.3 Å². The number of halogens is 3. The Balaban J connectivity index is -0.000000101. The molecular formula is C9H13Cl3Ti. The summed E-state index contributed by atoms with van der Waals surface area (Å²) in [6, 6.07) is 2.24. The molecule has 1 rings (SSSR count). The molecule has 1 aromatic rings. The van der Waals surface area contributed by atoms with Gasteiger partial charge in [-0.2, -0.15) is 28.3 Å². The van der Waals surface area contributed by atoms with E-state index in [0.29, 0.717) is 0 Å². The van der Waals surface area contributed by atoms with E-state index >= 15 is 0 Å². The van der Waals surface area contributed by atoms with E-state index in [-0.39, 0.29) is 58.9 Å². The molecule has 13 heavy (non-hydrogen) atoms. The van der Waals surface area contributed by atoms with Gasteiger partial charge in [0.1, 0.15) is 0 Å². The molecule has 0 fully saturated rings. The second-order valence-electron chi connectivity index (χ2n) is 2.76. The third kappa shape index (κ3) is 5.39. The molecule has 0 heterocycles. The van der Waals surface area contributed by atoms with Crippen LogP contribution in [0.15, 0.2) is 6.07 Å². The monoisotopic (exact) mass is 274 g/mol. The van der Waals surface area contributed by atoms with Crippen LogP contribution in [0, 0.1) is 27.7 Å². The summed E-state index contributed by atoms with van der Waals surface area (Å²) in [7, 11) is 0. The maximum absolute atomic E-state index is 2.24. The van der Waals surface area contributed by atoms with Crippen molar-refractivity contribution in [3.63, 3.8) is 0 Å². The molecule has 0 saturated heterocycles. The first-order chi connectivity index (χ1) is 4.13. The van der Waals surface area contributed by atoms with Crippen molar-refractivity contribution >= 4 is 0 Å². The van der Waals surface area contributed by atoms with E-state index < -0.39 is 0 Å². The molecular weight excluding hydrogens is 262 g/mol. The van der Waals surface area contributed by atoms with E-state index in [9.17, 15) is 0 Å². The van der Waals surface area contributed by atoms with Crippen molar-refractivity contribution in [3.05, 3.63) is 28.3 Å². The molecule has 0 nitrogen and oxygen atoms in total. The molecule has 0 amide bonds. The molecule has 0 saturated carbocycles. The number of hydrogen-bond acceptors (Lipinski definition) is 0. The van der Waals surface area contributed by atoms with Crippen LogP contribution in [0.5, 0.6) is 0 Å². The Morgan fingerprint density at radius 3 is 1.46 bits per heavy atom. The van der Waals surface area contributed by atoms with Crippen molar-refractivity contribution in [2.75, 3.05) is 0 Å². The predicted octanol–water partition coefficient (Wildman–Crippen LogP) is -6.35. The summed E-state index contributed by atoms with van der Waals surface area (Å²) < 4.78 is 0. The molecule has 0 atom stereocenters. The fourth-order valence-corrected chi connectivity index (χ4v) is 1.13. The van der Waals surface area contributed by atoms with Crippen LogP contribution in [0.4, 0.5) is 0 Å². The van der Waals surface area contributed by atoms with Crippen molar-refractivity contribution in [1.82, 2.24) is 0 Å². The van der Waals surface area contributed by atoms with Crippen molar-refractivity contribution < 1.29 is 58.9 Å². The Morgan fingerprint density at radius 2 is 1.38 bits per heavy atom. The van der Waals surface area contributed by atoms with Crippen molar-refractivity contribution in [1.29, 1.82) is 0 Å². The van der Waals surface area contributed by atoms with Crippen LogP contribution in [0.2, 0.25) is 0 Å². The van der Waals surface area contributed by atoms with Crippen molar-refractivity contribution in [2.45, 2.75) is 27.7 Å². The summed E-state index contributed by atoms with van der Waals surface area (Å²) in [4.78, 5) is 0. The van der Waals surface area contributed by atoms with Crippen LogP contribution in [-0.2, 0) is 21.7 Å². The largest absolute Gasteiger partial charge is 4.00 e. The molecule has 0 aliphatic heterocycles. The zero-order valence-electron chi connectivity index (χ0n) is 8.21. The zero-order valence-corrected chi connectivity index (χ0v) is 12.0. The Morgan fingerprint density at radius 1 is 1.00 bits per heavy atom. The predicted molar refractivity (Wildman–Crippen MR) is 41.0 cm³/mol. The zero-order chi connectivity index (χ0) is 7.02. The molecule has 74 valence electrons. The number of rotatable bonds is 0. The minimum Gasteiger partial charge on any atom is -1.00 e. The first kappa shape index (κ1) is 23.6. The third-order valence-corrected chi connectivity index (χ3v) is 2.18. The van der Waals surface area contributed by atoms with Crippen molar-refractivity contribution in [3.8, 4) is 0 Å². The van der Waals surface area contributed by atoms with E-state index in [1.54, 1.807) is 0 Å². The molecule has 0 spiro atoms. The summed E-state index contributed by atoms with van der Waals surface area (Å²) in [5.74, 6) is 0. The van der Waals surface area contributed by atoms with Crippen LogP contribution in [0.3, 0.4) is 0 Å². The van der Waals surface area contributed by atoms with Crippen LogP contribution < -0.4 is 37.2 Å². The third-order valence-electron chi connectivity index (χ3n) is 2.18. The number of aryl methyl sites for hydroxylation is 2. The molecule has 0 aromatic heterocycles. The molecule has 4 heteroatoms. The first-order valence-electron chi connectivity index (χ1n) is 3.33. The smallest absolute Gasteiger partial charge is 1.00 e. The van der Waals surface area contributed by atoms with E-state index in [0.717, 1.165) is 0 Å². The number of hydrogen-bond donors (Lipinski definition) is 0. The summed E-state index contributed by atoms with van der Waals surface area (Å²) in [5.41, 5.74) is 5.75. The molecule has 0 aliphatic carbocycles.